The molecular weight excluding hydrogens is 310 g/mol. The van der Waals surface area contributed by atoms with Crippen LogP contribution in [0, 0.1) is 0 Å². The van der Waals surface area contributed by atoms with Crippen LogP contribution in [-0.4, -0.2) is 20.6 Å². The van der Waals surface area contributed by atoms with Gasteiger partial charge in [0.25, 0.3) is 5.56 Å². The van der Waals surface area contributed by atoms with E-state index in [0.717, 1.165) is 0 Å². The van der Waals surface area contributed by atoms with Gasteiger partial charge in [-0.1, -0.05) is 24.3 Å². The molecule has 0 spiro atoms. The van der Waals surface area contributed by atoms with Crippen molar-refractivity contribution in [2.45, 2.75) is 13.5 Å². The largest absolute Gasteiger partial charge is 0.478 e. The van der Waals surface area contributed by atoms with Crippen LogP contribution in [0.4, 0.5) is 5.69 Å². The van der Waals surface area contributed by atoms with Gasteiger partial charge in [0.2, 0.25) is 0 Å². The highest BCUT2D eigenvalue weighted by atomic mass is 16.4. The summed E-state index contributed by atoms with van der Waals surface area (Å²) in [7, 11) is 0. The van der Waals surface area contributed by atoms with E-state index in [1.54, 1.807) is 49.4 Å². The minimum atomic E-state index is -0.988. The predicted octanol–water partition coefficient (Wildman–Crippen LogP) is 1.68. The van der Waals surface area contributed by atoms with Gasteiger partial charge in [0, 0.05) is 12.2 Å². The van der Waals surface area contributed by atoms with E-state index in [-0.39, 0.29) is 16.8 Å². The molecule has 24 heavy (non-hydrogen) atoms. The summed E-state index contributed by atoms with van der Waals surface area (Å²) in [5.41, 5.74) is 5.81. The maximum atomic E-state index is 11.7. The highest BCUT2D eigenvalue weighted by molar-refractivity contribution is 5.93. The molecule has 0 saturated carbocycles. The fourth-order valence-electron chi connectivity index (χ4n) is 2.18. The molecule has 7 heteroatoms. The van der Waals surface area contributed by atoms with Crippen LogP contribution in [0.3, 0.4) is 0 Å². The summed E-state index contributed by atoms with van der Waals surface area (Å²) in [6.45, 7) is 2.16. The molecule has 0 aliphatic carbocycles. The molecule has 0 amide bonds. The third-order valence-corrected chi connectivity index (χ3v) is 3.40. The number of nitrogens with two attached hydrogens (primary N) is 1. The number of aromatic amines is 1. The number of nitrogens with zero attached hydrogens (tertiary/aromatic N) is 1. The maximum Gasteiger partial charge on any atom is 0.337 e. The fourth-order valence-corrected chi connectivity index (χ4v) is 2.18. The van der Waals surface area contributed by atoms with Crippen molar-refractivity contribution in [1.82, 2.24) is 9.55 Å². The lowest BCUT2D eigenvalue weighted by molar-refractivity contribution is 0.0698. The Morgan fingerprint density at radius 3 is 2.33 bits per heavy atom. The van der Waals surface area contributed by atoms with E-state index in [9.17, 15) is 14.4 Å². The number of para-hydroxylation sites is 2. The predicted molar refractivity (Wildman–Crippen MR) is 92.3 cm³/mol. The van der Waals surface area contributed by atoms with E-state index in [4.69, 9.17) is 10.8 Å². The second-order valence-electron chi connectivity index (χ2n) is 4.92. The highest BCUT2D eigenvalue weighted by Gasteiger charge is 2.04. The highest BCUT2D eigenvalue weighted by Crippen LogP contribution is 2.09. The van der Waals surface area contributed by atoms with Crippen LogP contribution in [0.2, 0.25) is 0 Å². The average Bonchev–Trinajstić information content (AvgIpc) is 2.56. The number of aromatic carboxylic acids is 1. The summed E-state index contributed by atoms with van der Waals surface area (Å²) >= 11 is 0. The number of hydrogen-bond acceptors (Lipinski definition) is 4. The molecular formula is C17H17N3O4. The van der Waals surface area contributed by atoms with Crippen molar-refractivity contribution in [3.63, 3.8) is 0 Å². The summed E-state index contributed by atoms with van der Waals surface area (Å²) in [6.07, 6.45) is 0. The van der Waals surface area contributed by atoms with E-state index in [1.165, 1.54) is 10.6 Å². The Morgan fingerprint density at radius 2 is 1.75 bits per heavy atom. The lowest BCUT2D eigenvalue weighted by Crippen LogP contribution is -2.34. The van der Waals surface area contributed by atoms with Gasteiger partial charge in [-0.15, -0.1) is 0 Å². The molecule has 3 rings (SSSR count). The number of carboxylic acid groups (broad SMARTS) is 1. The Balaban J connectivity index is 0.000000185. The third-order valence-electron chi connectivity index (χ3n) is 3.40. The normalized spacial score (nSPS) is 10.0. The fraction of sp³-hybridized carbons (Fsp3) is 0.118. The van der Waals surface area contributed by atoms with E-state index in [2.05, 4.69) is 4.98 Å². The number of aromatic nitrogens is 2. The van der Waals surface area contributed by atoms with Crippen LogP contribution in [0.15, 0.2) is 58.1 Å². The van der Waals surface area contributed by atoms with Crippen LogP contribution in [0.5, 0.6) is 0 Å². The van der Waals surface area contributed by atoms with Crippen molar-refractivity contribution in [3.05, 3.63) is 74.9 Å². The van der Waals surface area contributed by atoms with Crippen LogP contribution in [0.1, 0.15) is 17.3 Å². The van der Waals surface area contributed by atoms with Gasteiger partial charge in [-0.2, -0.15) is 0 Å². The van der Waals surface area contributed by atoms with Crippen molar-refractivity contribution < 1.29 is 9.90 Å². The molecule has 0 fully saturated rings. The van der Waals surface area contributed by atoms with Gasteiger partial charge in [-0.3, -0.25) is 9.36 Å². The second-order valence-corrected chi connectivity index (χ2v) is 4.92. The molecule has 3 aromatic rings. The first kappa shape index (κ1) is 17.0. The Bertz CT molecular complexity index is 989. The Labute approximate surface area is 137 Å². The molecule has 0 bridgehead atoms. The number of nitrogen functional groups attached to an aromatic ring is 1. The minimum absolute atomic E-state index is 0.155. The monoisotopic (exact) mass is 327 g/mol. The van der Waals surface area contributed by atoms with Crippen molar-refractivity contribution in [2.75, 3.05) is 5.73 Å². The SMILES string of the molecule is CCn1c(=O)[nH]c2ccccc2c1=O.Nc1ccccc1C(=O)O. The molecule has 1 heterocycles. The number of nitrogens with one attached hydrogen (secondary N) is 1. The van der Waals surface area contributed by atoms with Crippen molar-refractivity contribution >= 4 is 22.6 Å². The maximum absolute atomic E-state index is 11.7. The van der Waals surface area contributed by atoms with E-state index in [0.29, 0.717) is 23.1 Å². The number of benzene rings is 2. The number of H-pyrrole nitrogens is 1. The second kappa shape index (κ2) is 7.28. The van der Waals surface area contributed by atoms with Gasteiger partial charge in [-0.25, -0.2) is 9.59 Å². The molecule has 0 aliphatic heterocycles. The lowest BCUT2D eigenvalue weighted by atomic mass is 10.2. The van der Waals surface area contributed by atoms with Crippen LogP contribution in [0.25, 0.3) is 10.9 Å². The molecule has 124 valence electrons. The zero-order valence-electron chi connectivity index (χ0n) is 13.0. The van der Waals surface area contributed by atoms with Crippen LogP contribution in [-0.2, 0) is 6.54 Å². The lowest BCUT2D eigenvalue weighted by Gasteiger charge is -2.01. The molecule has 7 nitrogen and oxygen atoms in total. The zero-order valence-corrected chi connectivity index (χ0v) is 13.0. The number of carbonyl (C=O) groups is 1. The van der Waals surface area contributed by atoms with Gasteiger partial charge in [0.15, 0.2) is 0 Å². The molecule has 0 aliphatic rings. The van der Waals surface area contributed by atoms with Crippen LogP contribution >= 0.6 is 0 Å². The van der Waals surface area contributed by atoms with Crippen molar-refractivity contribution in [3.8, 4) is 0 Å². The molecule has 0 atom stereocenters. The van der Waals surface area contributed by atoms with Crippen LogP contribution < -0.4 is 17.0 Å². The summed E-state index contributed by atoms with van der Waals surface area (Å²) in [6, 6.07) is 13.4. The van der Waals surface area contributed by atoms with Crippen molar-refractivity contribution in [2.24, 2.45) is 0 Å². The molecule has 1 aromatic heterocycles. The topological polar surface area (TPSA) is 118 Å². The van der Waals surface area contributed by atoms with Gasteiger partial charge in [0.1, 0.15) is 0 Å². The first-order valence-corrected chi connectivity index (χ1v) is 7.25. The standard InChI is InChI=1S/C10H10N2O2.C7H7NO2/c1-2-12-9(13)7-5-3-4-6-8(7)11-10(12)14;8-6-4-2-1-3-5(6)7(9)10/h3-6H,2H2,1H3,(H,11,14);1-4H,8H2,(H,9,10). The summed E-state index contributed by atoms with van der Waals surface area (Å²) in [5.74, 6) is -0.988. The van der Waals surface area contributed by atoms with E-state index >= 15 is 0 Å². The summed E-state index contributed by atoms with van der Waals surface area (Å²) < 4.78 is 1.18. The molecule has 2 aromatic carbocycles. The Kier molecular flexibility index (Phi) is 5.16. The Hall–Kier alpha value is -3.35. The number of rotatable bonds is 2. The first-order valence-electron chi connectivity index (χ1n) is 7.25. The number of anilines is 1. The van der Waals surface area contributed by atoms with E-state index < -0.39 is 5.97 Å². The number of carboxylic acids is 1. The van der Waals surface area contributed by atoms with E-state index in [1.807, 2.05) is 0 Å². The molecule has 0 radical (unpaired) electrons. The minimum Gasteiger partial charge on any atom is -0.478 e. The zero-order chi connectivity index (χ0) is 17.7. The van der Waals surface area contributed by atoms with Gasteiger partial charge in [0.05, 0.1) is 16.5 Å². The van der Waals surface area contributed by atoms with Gasteiger partial charge < -0.3 is 15.8 Å². The van der Waals surface area contributed by atoms with Gasteiger partial charge >= 0.3 is 11.7 Å². The average molecular weight is 327 g/mol. The molecule has 0 unspecified atom stereocenters. The Morgan fingerprint density at radius 1 is 1.12 bits per heavy atom. The number of fused-ring (bicyclic) bond motifs is 1. The quantitative estimate of drug-likeness (QED) is 0.619. The smallest absolute Gasteiger partial charge is 0.337 e. The molecule has 0 saturated heterocycles. The number of hydrogen-bond donors (Lipinski definition) is 3. The summed E-state index contributed by atoms with van der Waals surface area (Å²) in [4.78, 5) is 36.1. The molecule has 4 N–H and O–H groups in total. The first-order chi connectivity index (χ1) is 11.5. The third kappa shape index (κ3) is 3.52. The van der Waals surface area contributed by atoms with Crippen molar-refractivity contribution in [1.29, 1.82) is 0 Å². The summed E-state index contributed by atoms with van der Waals surface area (Å²) in [5, 5.41) is 9.04. The van der Waals surface area contributed by atoms with Gasteiger partial charge in [-0.05, 0) is 31.2 Å².